The number of amides is 2. The third-order valence-corrected chi connectivity index (χ3v) is 4.06. The highest BCUT2D eigenvalue weighted by Crippen LogP contribution is 2.21. The number of nitrogens with zero attached hydrogens (tertiary/aromatic N) is 1. The van der Waals surface area contributed by atoms with Gasteiger partial charge in [-0.15, -0.1) is 0 Å². The van der Waals surface area contributed by atoms with E-state index in [1.165, 1.54) is 6.08 Å². The fourth-order valence-electron chi connectivity index (χ4n) is 1.96. The molecule has 1 aliphatic heterocycles. The standard InChI is InChI=1S/C13H16N4O4S/c1-22(20,21)17(8-12(14)18)11-4-2-9(3-5-11)16-10-6-13(19)15-7-10/h2-6,16H,7-8H2,1H3,(H2,14,18)(H,15,19). The molecule has 0 unspecified atom stereocenters. The Morgan fingerprint density at radius 2 is 2.00 bits per heavy atom. The van der Waals surface area contributed by atoms with Gasteiger partial charge < -0.3 is 16.4 Å². The number of anilines is 2. The summed E-state index contributed by atoms with van der Waals surface area (Å²) < 4.78 is 24.4. The first-order chi connectivity index (χ1) is 10.3. The molecule has 0 radical (unpaired) electrons. The molecule has 2 rings (SSSR count). The molecule has 0 saturated heterocycles. The van der Waals surface area contributed by atoms with Crippen molar-refractivity contribution < 1.29 is 18.0 Å². The smallest absolute Gasteiger partial charge is 0.246 e. The fourth-order valence-corrected chi connectivity index (χ4v) is 2.83. The monoisotopic (exact) mass is 324 g/mol. The first kappa shape index (κ1) is 15.8. The maximum absolute atomic E-state index is 11.7. The maximum Gasteiger partial charge on any atom is 0.246 e. The van der Waals surface area contributed by atoms with Crippen molar-refractivity contribution in [1.29, 1.82) is 0 Å². The zero-order chi connectivity index (χ0) is 16.3. The summed E-state index contributed by atoms with van der Waals surface area (Å²) in [4.78, 5) is 22.1. The van der Waals surface area contributed by atoms with Gasteiger partial charge in [-0.05, 0) is 24.3 Å². The van der Waals surface area contributed by atoms with Crippen LogP contribution in [0.5, 0.6) is 0 Å². The molecule has 9 heteroatoms. The van der Waals surface area contributed by atoms with E-state index in [4.69, 9.17) is 5.73 Å². The van der Waals surface area contributed by atoms with E-state index < -0.39 is 22.5 Å². The van der Waals surface area contributed by atoms with Gasteiger partial charge in [0.15, 0.2) is 0 Å². The number of primary amides is 1. The normalized spacial score (nSPS) is 14.2. The third-order valence-electron chi connectivity index (χ3n) is 2.92. The summed E-state index contributed by atoms with van der Waals surface area (Å²) in [6, 6.07) is 6.41. The van der Waals surface area contributed by atoms with E-state index in [2.05, 4.69) is 10.6 Å². The molecule has 118 valence electrons. The lowest BCUT2D eigenvalue weighted by atomic mass is 10.2. The van der Waals surface area contributed by atoms with E-state index in [-0.39, 0.29) is 5.91 Å². The van der Waals surface area contributed by atoms with Gasteiger partial charge in [0.1, 0.15) is 6.54 Å². The van der Waals surface area contributed by atoms with Gasteiger partial charge >= 0.3 is 0 Å². The second kappa shape index (κ2) is 6.06. The molecule has 1 aromatic rings. The first-order valence-electron chi connectivity index (χ1n) is 6.37. The molecule has 0 bridgehead atoms. The number of rotatable bonds is 6. The van der Waals surface area contributed by atoms with Gasteiger partial charge in [0.25, 0.3) is 0 Å². The van der Waals surface area contributed by atoms with Crippen molar-refractivity contribution >= 4 is 33.2 Å². The molecule has 0 fully saturated rings. The average Bonchev–Trinajstić information content (AvgIpc) is 2.81. The quantitative estimate of drug-likeness (QED) is 0.643. The van der Waals surface area contributed by atoms with Crippen LogP contribution < -0.4 is 20.7 Å². The van der Waals surface area contributed by atoms with E-state index in [1.807, 2.05) is 0 Å². The lowest BCUT2D eigenvalue weighted by Gasteiger charge is -2.21. The summed E-state index contributed by atoms with van der Waals surface area (Å²) in [5.41, 5.74) is 6.82. The van der Waals surface area contributed by atoms with Crippen molar-refractivity contribution in [2.24, 2.45) is 5.73 Å². The van der Waals surface area contributed by atoms with Crippen LogP contribution in [0.2, 0.25) is 0 Å². The van der Waals surface area contributed by atoms with Gasteiger partial charge in [-0.1, -0.05) is 0 Å². The molecule has 0 saturated carbocycles. The fraction of sp³-hybridized carbons (Fsp3) is 0.231. The Morgan fingerprint density at radius 1 is 1.36 bits per heavy atom. The van der Waals surface area contributed by atoms with Gasteiger partial charge in [-0.3, -0.25) is 13.9 Å². The van der Waals surface area contributed by atoms with Crippen LogP contribution in [-0.4, -0.2) is 39.6 Å². The molecular weight excluding hydrogens is 308 g/mol. The number of nitrogens with one attached hydrogen (secondary N) is 2. The van der Waals surface area contributed by atoms with Crippen molar-refractivity contribution in [3.63, 3.8) is 0 Å². The van der Waals surface area contributed by atoms with E-state index >= 15 is 0 Å². The first-order valence-corrected chi connectivity index (χ1v) is 8.22. The highest BCUT2D eigenvalue weighted by Gasteiger charge is 2.19. The van der Waals surface area contributed by atoms with Crippen LogP contribution in [0.3, 0.4) is 0 Å². The highest BCUT2D eigenvalue weighted by atomic mass is 32.2. The van der Waals surface area contributed by atoms with Gasteiger partial charge in [0, 0.05) is 17.5 Å². The SMILES string of the molecule is CS(=O)(=O)N(CC(N)=O)c1ccc(NC2=CC(=O)NC2)cc1. The van der Waals surface area contributed by atoms with Crippen molar-refractivity contribution in [1.82, 2.24) is 5.32 Å². The van der Waals surface area contributed by atoms with E-state index in [0.29, 0.717) is 17.9 Å². The lowest BCUT2D eigenvalue weighted by molar-refractivity contribution is -0.117. The van der Waals surface area contributed by atoms with E-state index in [0.717, 1.165) is 16.3 Å². The second-order valence-corrected chi connectivity index (χ2v) is 6.70. The predicted octanol–water partition coefficient (Wildman–Crippen LogP) is -0.636. The molecule has 1 aromatic carbocycles. The zero-order valence-electron chi connectivity index (χ0n) is 11.9. The minimum absolute atomic E-state index is 0.163. The molecule has 22 heavy (non-hydrogen) atoms. The minimum atomic E-state index is -3.61. The number of nitrogens with two attached hydrogens (primary N) is 1. The summed E-state index contributed by atoms with van der Waals surface area (Å²) in [5.74, 6) is -0.905. The van der Waals surface area contributed by atoms with E-state index in [1.54, 1.807) is 24.3 Å². The van der Waals surface area contributed by atoms with Gasteiger partial charge in [0.2, 0.25) is 21.8 Å². The average molecular weight is 324 g/mol. The zero-order valence-corrected chi connectivity index (χ0v) is 12.7. The Balaban J connectivity index is 2.17. The molecule has 0 aromatic heterocycles. The molecule has 0 aliphatic carbocycles. The van der Waals surface area contributed by atoms with Gasteiger partial charge in [0.05, 0.1) is 18.5 Å². The molecular formula is C13H16N4O4S. The number of sulfonamides is 1. The van der Waals surface area contributed by atoms with Crippen LogP contribution in [0.15, 0.2) is 36.0 Å². The van der Waals surface area contributed by atoms with Crippen molar-refractivity contribution in [3.8, 4) is 0 Å². The summed E-state index contributed by atoms with van der Waals surface area (Å²) in [5, 5.41) is 5.66. The molecule has 1 heterocycles. The predicted molar refractivity (Wildman–Crippen MR) is 82.5 cm³/mol. The molecule has 0 atom stereocenters. The summed E-state index contributed by atoms with van der Waals surface area (Å²) in [7, 11) is -3.61. The van der Waals surface area contributed by atoms with Gasteiger partial charge in [-0.25, -0.2) is 8.42 Å². The molecule has 1 aliphatic rings. The number of hydrogen-bond donors (Lipinski definition) is 3. The van der Waals surface area contributed by atoms with Crippen LogP contribution in [0.1, 0.15) is 0 Å². The van der Waals surface area contributed by atoms with Crippen molar-refractivity contribution in [2.75, 3.05) is 29.0 Å². The largest absolute Gasteiger partial charge is 0.368 e. The summed E-state index contributed by atoms with van der Waals surface area (Å²) >= 11 is 0. The molecule has 2 amide bonds. The maximum atomic E-state index is 11.7. The Morgan fingerprint density at radius 3 is 2.45 bits per heavy atom. The molecule has 4 N–H and O–H groups in total. The van der Waals surface area contributed by atoms with Crippen LogP contribution >= 0.6 is 0 Å². The lowest BCUT2D eigenvalue weighted by Crippen LogP contribution is -2.37. The Kier molecular flexibility index (Phi) is 4.36. The minimum Gasteiger partial charge on any atom is -0.368 e. The topological polar surface area (TPSA) is 122 Å². The van der Waals surface area contributed by atoms with Crippen molar-refractivity contribution in [2.45, 2.75) is 0 Å². The van der Waals surface area contributed by atoms with Crippen LogP contribution in [0.4, 0.5) is 11.4 Å². The highest BCUT2D eigenvalue weighted by molar-refractivity contribution is 7.92. The number of hydrogen-bond acceptors (Lipinski definition) is 5. The Hall–Kier alpha value is -2.55. The number of carbonyl (C=O) groups excluding carboxylic acids is 2. The van der Waals surface area contributed by atoms with Crippen molar-refractivity contribution in [3.05, 3.63) is 36.0 Å². The van der Waals surface area contributed by atoms with Crippen LogP contribution in [-0.2, 0) is 19.6 Å². The summed E-state index contributed by atoms with van der Waals surface area (Å²) in [6.45, 7) is -0.00704. The third kappa shape index (κ3) is 3.98. The molecule has 8 nitrogen and oxygen atoms in total. The summed E-state index contributed by atoms with van der Waals surface area (Å²) in [6.07, 6.45) is 2.45. The Labute approximate surface area is 128 Å². The second-order valence-electron chi connectivity index (χ2n) is 4.80. The van der Waals surface area contributed by atoms with E-state index in [9.17, 15) is 18.0 Å². The molecule has 0 spiro atoms. The number of benzene rings is 1. The van der Waals surface area contributed by atoms with Gasteiger partial charge in [-0.2, -0.15) is 0 Å². The van der Waals surface area contributed by atoms with Crippen LogP contribution in [0, 0.1) is 0 Å². The van der Waals surface area contributed by atoms with Crippen LogP contribution in [0.25, 0.3) is 0 Å². The Bertz CT molecular complexity index is 725. The number of carbonyl (C=O) groups is 2.